The lowest BCUT2D eigenvalue weighted by atomic mass is 10.0. The van der Waals surface area contributed by atoms with E-state index in [1.807, 2.05) is 72.0 Å². The Morgan fingerprint density at radius 1 is 0.568 bits per heavy atom. The Morgan fingerprint density at radius 3 is 1.93 bits per heavy atom. The molecule has 44 heavy (non-hydrogen) atoms. The molecule has 1 N–H and O–H groups in total. The highest BCUT2D eigenvalue weighted by Crippen LogP contribution is 2.53. The summed E-state index contributed by atoms with van der Waals surface area (Å²) in [6, 6.07) is 44.0. The van der Waals surface area contributed by atoms with E-state index in [1.54, 1.807) is 0 Å². The summed E-state index contributed by atoms with van der Waals surface area (Å²) in [6.07, 6.45) is 4.59. The molecule has 2 aliphatic rings. The maximum absolute atomic E-state index is 4.94. The Morgan fingerprint density at radius 2 is 1.18 bits per heavy atom. The minimum atomic E-state index is 0.129. The van der Waals surface area contributed by atoms with Gasteiger partial charge in [0.2, 0.25) is 0 Å². The molecule has 0 saturated carbocycles. The molecule has 0 amide bonds. The van der Waals surface area contributed by atoms with Crippen LogP contribution in [0.4, 0.5) is 16.4 Å². The number of anilines is 3. The Hall–Kier alpha value is -5.59. The normalized spacial score (nSPS) is 14.6. The largest absolute Gasteiger partial charge is 0.359 e. The van der Waals surface area contributed by atoms with Crippen LogP contribution in [-0.4, -0.2) is 21.1 Å². The van der Waals surface area contributed by atoms with E-state index in [0.717, 1.165) is 27.8 Å². The first-order chi connectivity index (χ1) is 21.8. The number of rotatable bonds is 4. The van der Waals surface area contributed by atoms with Crippen LogP contribution in [0, 0.1) is 0 Å². The first-order valence-corrected chi connectivity index (χ1v) is 15.5. The van der Waals surface area contributed by atoms with Crippen molar-refractivity contribution in [3.05, 3.63) is 139 Å². The van der Waals surface area contributed by atoms with Gasteiger partial charge < -0.3 is 10.2 Å². The molecule has 0 aliphatic carbocycles. The summed E-state index contributed by atoms with van der Waals surface area (Å²) in [6.45, 7) is 0. The molecule has 1 unspecified atom stereocenters. The molecule has 9 rings (SSSR count). The molecular formula is C38H25N5S. The smallest absolute Gasteiger partial charge is 0.164 e. The Bertz CT molecular complexity index is 2160. The van der Waals surface area contributed by atoms with E-state index >= 15 is 0 Å². The first kappa shape index (κ1) is 25.0. The first-order valence-electron chi connectivity index (χ1n) is 14.7. The Kier molecular flexibility index (Phi) is 5.67. The number of benzene rings is 5. The van der Waals surface area contributed by atoms with Crippen molar-refractivity contribution >= 4 is 43.9 Å². The minimum absolute atomic E-state index is 0.129. The lowest BCUT2D eigenvalue weighted by Crippen LogP contribution is -2.31. The summed E-state index contributed by atoms with van der Waals surface area (Å²) in [5.41, 5.74) is 8.84. The van der Waals surface area contributed by atoms with E-state index < -0.39 is 0 Å². The van der Waals surface area contributed by atoms with Crippen molar-refractivity contribution in [2.45, 2.75) is 6.17 Å². The van der Waals surface area contributed by atoms with Crippen molar-refractivity contribution in [3.8, 4) is 45.3 Å². The molecule has 7 aromatic rings. The standard InChI is InChI=1S/C38H25N5S/c1-3-11-25(12-4-1)35-40-36(26-13-5-2-6-14-26)42-37(41-35)29-16-9-15-27(22-29)28-18-20-32-30(23-28)34-38(44-32)43-31-17-8-7-10-24(31)19-21-33(43)39-34/h1-23,33,39H. The van der Waals surface area contributed by atoms with Crippen LogP contribution in [-0.2, 0) is 0 Å². The molecule has 0 spiro atoms. The van der Waals surface area contributed by atoms with Gasteiger partial charge in [0.1, 0.15) is 11.2 Å². The molecular weight excluding hydrogens is 559 g/mol. The second kappa shape index (κ2) is 10.0. The molecule has 4 heterocycles. The lowest BCUT2D eigenvalue weighted by molar-refractivity contribution is 0.923. The maximum Gasteiger partial charge on any atom is 0.164 e. The average Bonchev–Trinajstić information content (AvgIpc) is 3.65. The van der Waals surface area contributed by atoms with Gasteiger partial charge in [0.05, 0.1) is 11.4 Å². The molecule has 0 saturated heterocycles. The van der Waals surface area contributed by atoms with E-state index in [-0.39, 0.29) is 6.17 Å². The van der Waals surface area contributed by atoms with E-state index in [1.165, 1.54) is 32.0 Å². The van der Waals surface area contributed by atoms with Gasteiger partial charge in [-0.2, -0.15) is 0 Å². The van der Waals surface area contributed by atoms with Gasteiger partial charge in [0.25, 0.3) is 0 Å². The molecule has 0 radical (unpaired) electrons. The van der Waals surface area contributed by atoms with Gasteiger partial charge in [-0.1, -0.05) is 109 Å². The zero-order chi connectivity index (χ0) is 29.0. The third kappa shape index (κ3) is 4.11. The predicted octanol–water partition coefficient (Wildman–Crippen LogP) is 9.67. The van der Waals surface area contributed by atoms with Gasteiger partial charge in [0, 0.05) is 26.8 Å². The highest BCUT2D eigenvalue weighted by Gasteiger charge is 2.34. The van der Waals surface area contributed by atoms with Crippen molar-refractivity contribution in [1.82, 2.24) is 15.0 Å². The van der Waals surface area contributed by atoms with Crippen LogP contribution in [0.15, 0.2) is 133 Å². The molecule has 1 atom stereocenters. The fraction of sp³-hybridized carbons (Fsp3) is 0.0263. The highest BCUT2D eigenvalue weighted by atomic mass is 32.1. The summed E-state index contributed by atoms with van der Waals surface area (Å²) in [7, 11) is 0. The average molecular weight is 584 g/mol. The van der Waals surface area contributed by atoms with E-state index in [2.05, 4.69) is 89.1 Å². The molecule has 6 heteroatoms. The third-order valence-electron chi connectivity index (χ3n) is 8.27. The van der Waals surface area contributed by atoms with Crippen molar-refractivity contribution in [2.75, 3.05) is 10.2 Å². The molecule has 208 valence electrons. The number of fused-ring (bicyclic) bond motifs is 7. The van der Waals surface area contributed by atoms with Gasteiger partial charge in [-0.3, -0.25) is 0 Å². The topological polar surface area (TPSA) is 53.9 Å². The fourth-order valence-corrected chi connectivity index (χ4v) is 7.32. The third-order valence-corrected chi connectivity index (χ3v) is 9.44. The van der Waals surface area contributed by atoms with Crippen LogP contribution >= 0.6 is 11.3 Å². The van der Waals surface area contributed by atoms with Crippen LogP contribution < -0.4 is 10.2 Å². The van der Waals surface area contributed by atoms with Crippen LogP contribution in [0.5, 0.6) is 0 Å². The lowest BCUT2D eigenvalue weighted by Gasteiger charge is -2.29. The number of hydrogen-bond acceptors (Lipinski definition) is 6. The van der Waals surface area contributed by atoms with Crippen molar-refractivity contribution in [2.24, 2.45) is 0 Å². The molecule has 0 bridgehead atoms. The molecule has 2 aromatic heterocycles. The van der Waals surface area contributed by atoms with Crippen LogP contribution in [0.3, 0.4) is 0 Å². The summed E-state index contributed by atoms with van der Waals surface area (Å²) >= 11 is 1.84. The molecule has 0 fully saturated rings. The van der Waals surface area contributed by atoms with Gasteiger partial charge in [-0.25, -0.2) is 15.0 Å². The number of hydrogen-bond donors (Lipinski definition) is 1. The van der Waals surface area contributed by atoms with Gasteiger partial charge in [0.15, 0.2) is 17.5 Å². The summed E-state index contributed by atoms with van der Waals surface area (Å²) in [5, 5.41) is 6.29. The van der Waals surface area contributed by atoms with Gasteiger partial charge in [-0.05, 0) is 47.0 Å². The Labute approximate surface area is 258 Å². The van der Waals surface area contributed by atoms with E-state index in [4.69, 9.17) is 15.0 Å². The monoisotopic (exact) mass is 583 g/mol. The van der Waals surface area contributed by atoms with Gasteiger partial charge in [-0.15, -0.1) is 11.3 Å². The molecule has 5 nitrogen and oxygen atoms in total. The minimum Gasteiger partial charge on any atom is -0.359 e. The quantitative estimate of drug-likeness (QED) is 0.224. The zero-order valence-corrected chi connectivity index (χ0v) is 24.4. The summed E-state index contributed by atoms with van der Waals surface area (Å²) < 4.78 is 1.27. The second-order valence-corrected chi connectivity index (χ2v) is 12.0. The number of thiophene rings is 1. The number of aromatic nitrogens is 3. The summed E-state index contributed by atoms with van der Waals surface area (Å²) in [4.78, 5) is 17.2. The van der Waals surface area contributed by atoms with Crippen LogP contribution in [0.1, 0.15) is 5.56 Å². The molecule has 5 aromatic carbocycles. The number of nitrogens with zero attached hydrogens (tertiary/aromatic N) is 4. The van der Waals surface area contributed by atoms with Crippen molar-refractivity contribution in [1.29, 1.82) is 0 Å². The van der Waals surface area contributed by atoms with Gasteiger partial charge >= 0.3 is 0 Å². The van der Waals surface area contributed by atoms with E-state index in [9.17, 15) is 0 Å². The highest BCUT2D eigenvalue weighted by molar-refractivity contribution is 7.24. The summed E-state index contributed by atoms with van der Waals surface area (Å²) in [5.74, 6) is 1.97. The van der Waals surface area contributed by atoms with Crippen molar-refractivity contribution in [3.63, 3.8) is 0 Å². The fourth-order valence-electron chi connectivity index (χ4n) is 6.12. The number of nitrogens with one attached hydrogen (secondary N) is 1. The molecule has 2 aliphatic heterocycles. The SMILES string of the molecule is C1=CC2Nc3c(sc4ccc(-c5cccc(-c6nc(-c7ccccc7)nc(-c7ccccc7)n6)c5)cc34)N2c2ccccc21. The van der Waals surface area contributed by atoms with Crippen molar-refractivity contribution < 1.29 is 0 Å². The van der Waals surface area contributed by atoms with Crippen LogP contribution in [0.25, 0.3) is 61.5 Å². The zero-order valence-electron chi connectivity index (χ0n) is 23.6. The van der Waals surface area contributed by atoms with Crippen LogP contribution in [0.2, 0.25) is 0 Å². The van der Waals surface area contributed by atoms with E-state index in [0.29, 0.717) is 17.5 Å². The number of para-hydroxylation sites is 1. The predicted molar refractivity (Wildman–Crippen MR) is 182 cm³/mol. The maximum atomic E-state index is 4.94. The Balaban J connectivity index is 1.13. The second-order valence-electron chi connectivity index (χ2n) is 11.0.